The monoisotopic (exact) mass is 356 g/mol. The van der Waals surface area contributed by atoms with Crippen LogP contribution in [0.4, 0.5) is 0 Å². The first kappa shape index (κ1) is 14.6. The van der Waals surface area contributed by atoms with Gasteiger partial charge in [-0.3, -0.25) is 4.79 Å². The Kier molecular flexibility index (Phi) is 5.48. The Hall–Kier alpha value is -0.780. The standard InChI is InChI=1S/C14H13BrO2S2/c15-11-6-7-18-13(11)9-19-12(14(16)17)8-10-4-2-1-3-5-10/h1-7,12H,8-9H2,(H,16,17). The van der Waals surface area contributed by atoms with Crippen molar-refractivity contribution >= 4 is 45.0 Å². The highest BCUT2D eigenvalue weighted by Crippen LogP contribution is 2.29. The zero-order valence-electron chi connectivity index (χ0n) is 10.1. The maximum Gasteiger partial charge on any atom is 0.316 e. The summed E-state index contributed by atoms with van der Waals surface area (Å²) in [5.41, 5.74) is 1.06. The molecule has 1 N–H and O–H groups in total. The van der Waals surface area contributed by atoms with E-state index in [9.17, 15) is 9.90 Å². The number of hydrogen-bond donors (Lipinski definition) is 1. The summed E-state index contributed by atoms with van der Waals surface area (Å²) in [5, 5.41) is 10.9. The van der Waals surface area contributed by atoms with E-state index in [4.69, 9.17) is 0 Å². The molecule has 0 aliphatic heterocycles. The highest BCUT2D eigenvalue weighted by molar-refractivity contribution is 9.10. The van der Waals surface area contributed by atoms with Crippen molar-refractivity contribution in [1.82, 2.24) is 0 Å². The van der Waals surface area contributed by atoms with E-state index in [0.29, 0.717) is 6.42 Å². The van der Waals surface area contributed by atoms with Crippen LogP contribution in [0.3, 0.4) is 0 Å². The van der Waals surface area contributed by atoms with Crippen molar-refractivity contribution in [3.63, 3.8) is 0 Å². The van der Waals surface area contributed by atoms with Crippen LogP contribution in [-0.4, -0.2) is 16.3 Å². The lowest BCUT2D eigenvalue weighted by molar-refractivity contribution is -0.136. The molecule has 1 atom stereocenters. The first-order valence-corrected chi connectivity index (χ1v) is 8.49. The van der Waals surface area contributed by atoms with Crippen LogP contribution in [-0.2, 0) is 17.0 Å². The summed E-state index contributed by atoms with van der Waals surface area (Å²) in [6.45, 7) is 0. The zero-order valence-corrected chi connectivity index (χ0v) is 13.3. The Bertz CT molecular complexity index is 539. The van der Waals surface area contributed by atoms with Gasteiger partial charge in [-0.1, -0.05) is 30.3 Å². The molecular weight excluding hydrogens is 344 g/mol. The molecule has 5 heteroatoms. The summed E-state index contributed by atoms with van der Waals surface area (Å²) in [4.78, 5) is 12.5. The van der Waals surface area contributed by atoms with Crippen molar-refractivity contribution in [2.45, 2.75) is 17.4 Å². The number of carbonyl (C=O) groups is 1. The number of halogens is 1. The molecule has 0 saturated carbocycles. The van der Waals surface area contributed by atoms with Gasteiger partial charge in [0.1, 0.15) is 5.25 Å². The van der Waals surface area contributed by atoms with E-state index < -0.39 is 11.2 Å². The summed E-state index contributed by atoms with van der Waals surface area (Å²) < 4.78 is 1.06. The predicted molar refractivity (Wildman–Crippen MR) is 84.9 cm³/mol. The molecule has 100 valence electrons. The molecule has 2 aromatic rings. The quantitative estimate of drug-likeness (QED) is 0.831. The second-order valence-corrected chi connectivity index (χ2v) is 7.07. The minimum Gasteiger partial charge on any atom is -0.480 e. The maximum absolute atomic E-state index is 11.3. The highest BCUT2D eigenvalue weighted by atomic mass is 79.9. The second-order valence-electron chi connectivity index (χ2n) is 4.02. The van der Waals surface area contributed by atoms with E-state index in [0.717, 1.165) is 15.8 Å². The molecule has 0 bridgehead atoms. The van der Waals surface area contributed by atoms with Gasteiger partial charge in [-0.2, -0.15) is 0 Å². The predicted octanol–water partition coefficient (Wildman–Crippen LogP) is 4.44. The van der Waals surface area contributed by atoms with Crippen LogP contribution in [0, 0.1) is 0 Å². The molecule has 19 heavy (non-hydrogen) atoms. The molecule has 1 unspecified atom stereocenters. The first-order chi connectivity index (χ1) is 9.16. The minimum absolute atomic E-state index is 0.406. The van der Waals surface area contributed by atoms with Crippen LogP contribution < -0.4 is 0 Å². The Morgan fingerprint density at radius 1 is 1.32 bits per heavy atom. The van der Waals surface area contributed by atoms with Gasteiger partial charge in [0.2, 0.25) is 0 Å². The van der Waals surface area contributed by atoms with Crippen LogP contribution in [0.25, 0.3) is 0 Å². The largest absolute Gasteiger partial charge is 0.480 e. The SMILES string of the molecule is O=C(O)C(Cc1ccccc1)SCc1sccc1Br. The number of rotatable bonds is 6. The van der Waals surface area contributed by atoms with E-state index in [1.54, 1.807) is 11.3 Å². The molecule has 0 radical (unpaired) electrons. The maximum atomic E-state index is 11.3. The van der Waals surface area contributed by atoms with Gasteiger partial charge in [-0.25, -0.2) is 0 Å². The van der Waals surface area contributed by atoms with Gasteiger partial charge in [0.05, 0.1) is 0 Å². The van der Waals surface area contributed by atoms with Crippen LogP contribution in [0.2, 0.25) is 0 Å². The molecule has 1 aromatic heterocycles. The summed E-state index contributed by atoms with van der Waals surface area (Å²) in [6.07, 6.45) is 0.559. The number of aliphatic carboxylic acids is 1. The Balaban J connectivity index is 1.97. The third kappa shape index (κ3) is 4.37. The molecule has 2 rings (SSSR count). The smallest absolute Gasteiger partial charge is 0.316 e. The summed E-state index contributed by atoms with van der Waals surface area (Å²) >= 11 is 6.60. The minimum atomic E-state index is -0.749. The molecule has 1 aromatic carbocycles. The number of hydrogen-bond acceptors (Lipinski definition) is 3. The number of thiophene rings is 1. The van der Waals surface area contributed by atoms with Gasteiger partial charge in [0.15, 0.2) is 0 Å². The Morgan fingerprint density at radius 3 is 2.63 bits per heavy atom. The highest BCUT2D eigenvalue weighted by Gasteiger charge is 2.19. The topological polar surface area (TPSA) is 37.3 Å². The lowest BCUT2D eigenvalue weighted by Gasteiger charge is -2.11. The number of carboxylic acids is 1. The van der Waals surface area contributed by atoms with Crippen molar-refractivity contribution in [3.8, 4) is 0 Å². The van der Waals surface area contributed by atoms with Crippen molar-refractivity contribution in [3.05, 3.63) is 56.7 Å². The van der Waals surface area contributed by atoms with E-state index in [1.165, 1.54) is 16.6 Å². The molecule has 2 nitrogen and oxygen atoms in total. The van der Waals surface area contributed by atoms with Crippen molar-refractivity contribution < 1.29 is 9.90 Å². The molecule has 0 fully saturated rings. The molecule has 0 aliphatic rings. The van der Waals surface area contributed by atoms with Crippen molar-refractivity contribution in [2.75, 3.05) is 0 Å². The Labute approximate surface area is 129 Å². The molecule has 0 spiro atoms. The summed E-state index contributed by atoms with van der Waals surface area (Å²) in [6, 6.07) is 11.8. The first-order valence-electron chi connectivity index (χ1n) is 5.77. The Morgan fingerprint density at radius 2 is 2.05 bits per heavy atom. The van der Waals surface area contributed by atoms with Crippen LogP contribution >= 0.6 is 39.0 Å². The second kappa shape index (κ2) is 7.12. The van der Waals surface area contributed by atoms with Crippen molar-refractivity contribution in [1.29, 1.82) is 0 Å². The van der Waals surface area contributed by atoms with E-state index in [-0.39, 0.29) is 0 Å². The van der Waals surface area contributed by atoms with Crippen LogP contribution in [0.1, 0.15) is 10.4 Å². The van der Waals surface area contributed by atoms with E-state index in [2.05, 4.69) is 15.9 Å². The normalized spacial score (nSPS) is 12.3. The van der Waals surface area contributed by atoms with Gasteiger partial charge in [0, 0.05) is 15.1 Å². The number of thioether (sulfide) groups is 1. The zero-order chi connectivity index (χ0) is 13.7. The van der Waals surface area contributed by atoms with Gasteiger partial charge in [-0.15, -0.1) is 23.1 Å². The lowest BCUT2D eigenvalue weighted by atomic mass is 10.1. The van der Waals surface area contributed by atoms with Gasteiger partial charge in [-0.05, 0) is 39.4 Å². The average molecular weight is 357 g/mol. The average Bonchev–Trinajstić information content (AvgIpc) is 2.81. The van der Waals surface area contributed by atoms with Crippen LogP contribution in [0.5, 0.6) is 0 Å². The van der Waals surface area contributed by atoms with Gasteiger partial charge < -0.3 is 5.11 Å². The number of carboxylic acid groups (broad SMARTS) is 1. The summed E-state index contributed by atoms with van der Waals surface area (Å²) in [7, 11) is 0. The fourth-order valence-corrected chi connectivity index (χ4v) is 4.55. The fraction of sp³-hybridized carbons (Fsp3) is 0.214. The summed E-state index contributed by atoms with van der Waals surface area (Å²) in [5.74, 6) is -0.0243. The lowest BCUT2D eigenvalue weighted by Crippen LogP contribution is -2.19. The van der Waals surface area contributed by atoms with Gasteiger partial charge >= 0.3 is 5.97 Å². The van der Waals surface area contributed by atoms with Crippen molar-refractivity contribution in [2.24, 2.45) is 0 Å². The third-order valence-electron chi connectivity index (χ3n) is 2.65. The molecular formula is C14H13BrO2S2. The molecule has 1 heterocycles. The van der Waals surface area contributed by atoms with Crippen LogP contribution in [0.15, 0.2) is 46.3 Å². The molecule has 0 amide bonds. The third-order valence-corrected chi connectivity index (χ3v) is 5.98. The van der Waals surface area contributed by atoms with E-state index >= 15 is 0 Å². The molecule has 0 aliphatic carbocycles. The van der Waals surface area contributed by atoms with E-state index in [1.807, 2.05) is 41.8 Å². The fourth-order valence-electron chi connectivity index (χ4n) is 1.65. The number of benzene rings is 1. The molecule has 0 saturated heterocycles. The van der Waals surface area contributed by atoms with Gasteiger partial charge in [0.25, 0.3) is 0 Å².